The van der Waals surface area contributed by atoms with E-state index in [-0.39, 0.29) is 11.9 Å². The average Bonchev–Trinajstić information content (AvgIpc) is 3.11. The lowest BCUT2D eigenvalue weighted by atomic mass is 9.85. The minimum absolute atomic E-state index is 0.0233. The van der Waals surface area contributed by atoms with Crippen molar-refractivity contribution in [2.45, 2.75) is 32.2 Å². The van der Waals surface area contributed by atoms with Gasteiger partial charge in [-0.25, -0.2) is 9.50 Å². The second-order valence-electron chi connectivity index (χ2n) is 7.69. The van der Waals surface area contributed by atoms with Crippen molar-refractivity contribution in [1.29, 1.82) is 0 Å². The van der Waals surface area contributed by atoms with Gasteiger partial charge in [-0.2, -0.15) is 5.10 Å². The van der Waals surface area contributed by atoms with E-state index in [1.165, 1.54) is 28.8 Å². The van der Waals surface area contributed by atoms with E-state index in [0.717, 1.165) is 19.4 Å². The molecule has 0 spiro atoms. The quantitative estimate of drug-likeness (QED) is 0.632. The fourth-order valence-corrected chi connectivity index (χ4v) is 4.75. The normalized spacial score (nSPS) is 18.9. The van der Waals surface area contributed by atoms with Crippen molar-refractivity contribution in [3.05, 3.63) is 58.0 Å². The molecule has 2 aromatic heterocycles. The van der Waals surface area contributed by atoms with Crippen molar-refractivity contribution < 1.29 is 4.79 Å². The summed E-state index contributed by atoms with van der Waals surface area (Å²) in [5.74, 6) is -0.0605. The first-order valence-corrected chi connectivity index (χ1v) is 10.1. The lowest BCUT2D eigenvalue weighted by Gasteiger charge is -2.38. The highest BCUT2D eigenvalue weighted by Crippen LogP contribution is 2.38. The predicted molar refractivity (Wildman–Crippen MR) is 109 cm³/mol. The molecule has 6 nitrogen and oxygen atoms in total. The van der Waals surface area contributed by atoms with Crippen LogP contribution in [-0.4, -0.2) is 45.5 Å². The van der Waals surface area contributed by atoms with E-state index >= 15 is 0 Å². The summed E-state index contributed by atoms with van der Waals surface area (Å²) in [6.45, 7) is 3.92. The molecule has 1 amide bonds. The summed E-state index contributed by atoms with van der Waals surface area (Å²) >= 11 is 5.98. The van der Waals surface area contributed by atoms with Gasteiger partial charge in [0.1, 0.15) is 0 Å². The largest absolute Gasteiger partial charge is 0.374 e. The molecule has 7 heteroatoms. The molecule has 0 saturated heterocycles. The van der Waals surface area contributed by atoms with Gasteiger partial charge in [0.25, 0.3) is 5.91 Å². The molecular weight excluding hydrogens is 374 g/mol. The van der Waals surface area contributed by atoms with E-state index in [2.05, 4.69) is 41.1 Å². The van der Waals surface area contributed by atoms with Crippen LogP contribution in [0.25, 0.3) is 5.65 Å². The van der Waals surface area contributed by atoms with Crippen molar-refractivity contribution in [3.63, 3.8) is 0 Å². The predicted octanol–water partition coefficient (Wildman–Crippen LogP) is 3.52. The molecule has 2 aliphatic heterocycles. The third-order valence-electron chi connectivity index (χ3n) is 6.06. The lowest BCUT2D eigenvalue weighted by Crippen LogP contribution is -2.40. The number of halogens is 1. The maximum atomic E-state index is 13.2. The van der Waals surface area contributed by atoms with E-state index in [9.17, 15) is 4.79 Å². The summed E-state index contributed by atoms with van der Waals surface area (Å²) < 4.78 is 1.56. The third kappa shape index (κ3) is 2.66. The average molecular weight is 396 g/mol. The fraction of sp³-hybridized carbons (Fsp3) is 0.381. The van der Waals surface area contributed by atoms with Gasteiger partial charge < -0.3 is 9.80 Å². The SMILES string of the molecule is CC1c2ccc3c(c2CCN1C(=O)c1cc2ncc(Cl)cn2n1)CCCN3C. The molecule has 0 aliphatic carbocycles. The van der Waals surface area contributed by atoms with Crippen molar-refractivity contribution in [2.24, 2.45) is 0 Å². The summed E-state index contributed by atoms with van der Waals surface area (Å²) in [5, 5.41) is 4.88. The minimum atomic E-state index is -0.0605. The van der Waals surface area contributed by atoms with Gasteiger partial charge in [-0.05, 0) is 48.9 Å². The summed E-state index contributed by atoms with van der Waals surface area (Å²) in [6.07, 6.45) is 6.43. The van der Waals surface area contributed by atoms with Crippen LogP contribution in [0.3, 0.4) is 0 Å². The number of fused-ring (bicyclic) bond motifs is 4. The van der Waals surface area contributed by atoms with Crippen LogP contribution in [-0.2, 0) is 12.8 Å². The third-order valence-corrected chi connectivity index (χ3v) is 6.25. The van der Waals surface area contributed by atoms with Crippen LogP contribution >= 0.6 is 11.6 Å². The number of anilines is 1. The number of rotatable bonds is 1. The number of nitrogens with zero attached hydrogens (tertiary/aromatic N) is 5. The smallest absolute Gasteiger partial charge is 0.274 e. The summed E-state index contributed by atoms with van der Waals surface area (Å²) in [5.41, 5.74) is 6.54. The Labute approximate surface area is 168 Å². The Morgan fingerprint density at radius 2 is 2.07 bits per heavy atom. The Kier molecular flexibility index (Phi) is 4.05. The maximum absolute atomic E-state index is 13.2. The Morgan fingerprint density at radius 3 is 2.93 bits per heavy atom. The summed E-state index contributed by atoms with van der Waals surface area (Å²) in [6, 6.07) is 6.16. The molecule has 2 aliphatic rings. The molecule has 0 radical (unpaired) electrons. The summed E-state index contributed by atoms with van der Waals surface area (Å²) in [4.78, 5) is 21.7. The van der Waals surface area contributed by atoms with Crippen LogP contribution < -0.4 is 4.90 Å². The second-order valence-corrected chi connectivity index (χ2v) is 8.12. The first-order valence-electron chi connectivity index (χ1n) is 9.70. The second kappa shape index (κ2) is 6.48. The van der Waals surface area contributed by atoms with Crippen LogP contribution in [0.2, 0.25) is 5.02 Å². The monoisotopic (exact) mass is 395 g/mol. The molecule has 0 bridgehead atoms. The Balaban J connectivity index is 1.48. The van der Waals surface area contributed by atoms with Gasteiger partial charge in [-0.3, -0.25) is 4.79 Å². The van der Waals surface area contributed by atoms with Gasteiger partial charge in [0, 0.05) is 38.1 Å². The van der Waals surface area contributed by atoms with Crippen molar-refractivity contribution in [1.82, 2.24) is 19.5 Å². The Bertz CT molecular complexity index is 1090. The minimum Gasteiger partial charge on any atom is -0.374 e. The van der Waals surface area contributed by atoms with Crippen LogP contribution in [0.15, 0.2) is 30.6 Å². The number of benzene rings is 1. The zero-order chi connectivity index (χ0) is 19.4. The van der Waals surface area contributed by atoms with Crippen molar-refractivity contribution >= 4 is 28.8 Å². The van der Waals surface area contributed by atoms with Crippen molar-refractivity contribution in [3.8, 4) is 0 Å². The molecule has 144 valence electrons. The zero-order valence-electron chi connectivity index (χ0n) is 16.0. The first kappa shape index (κ1) is 17.5. The van der Waals surface area contributed by atoms with Gasteiger partial charge in [-0.1, -0.05) is 17.7 Å². The molecule has 0 N–H and O–H groups in total. The highest BCUT2D eigenvalue weighted by atomic mass is 35.5. The Morgan fingerprint density at radius 1 is 1.21 bits per heavy atom. The van der Waals surface area contributed by atoms with Gasteiger partial charge >= 0.3 is 0 Å². The molecule has 1 unspecified atom stereocenters. The molecular formula is C21H22ClN5O. The highest BCUT2D eigenvalue weighted by molar-refractivity contribution is 6.30. The van der Waals surface area contributed by atoms with Gasteiger partial charge in [0.15, 0.2) is 11.3 Å². The zero-order valence-corrected chi connectivity index (χ0v) is 16.8. The molecule has 5 rings (SSSR count). The molecule has 4 heterocycles. The number of hydrogen-bond acceptors (Lipinski definition) is 4. The molecule has 1 aromatic carbocycles. The van der Waals surface area contributed by atoms with E-state index in [1.54, 1.807) is 23.0 Å². The van der Waals surface area contributed by atoms with Gasteiger partial charge in [0.05, 0.1) is 17.3 Å². The number of carbonyl (C=O) groups is 1. The Hall–Kier alpha value is -2.60. The lowest BCUT2D eigenvalue weighted by molar-refractivity contribution is 0.0671. The number of carbonyl (C=O) groups excluding carboxylic acids is 1. The van der Waals surface area contributed by atoms with Crippen molar-refractivity contribution in [2.75, 3.05) is 25.0 Å². The van der Waals surface area contributed by atoms with Gasteiger partial charge in [0.2, 0.25) is 0 Å². The highest BCUT2D eigenvalue weighted by Gasteiger charge is 2.32. The fourth-order valence-electron chi connectivity index (χ4n) is 4.61. The van der Waals surface area contributed by atoms with Crippen LogP contribution in [0, 0.1) is 0 Å². The van der Waals surface area contributed by atoms with Crippen LogP contribution in [0.1, 0.15) is 46.6 Å². The van der Waals surface area contributed by atoms with Crippen LogP contribution in [0.4, 0.5) is 5.69 Å². The molecule has 3 aromatic rings. The molecule has 0 fully saturated rings. The molecule has 28 heavy (non-hydrogen) atoms. The van der Waals surface area contributed by atoms with E-state index in [1.807, 2.05) is 4.90 Å². The standard InChI is InChI=1S/C21H22ClN5O/c1-13-15-5-6-19-17(4-3-8-25(19)2)16(15)7-9-26(13)21(28)18-10-20-23-11-14(22)12-27(20)24-18/h5-6,10-13H,3-4,7-9H2,1-2H3. The van der Waals surface area contributed by atoms with E-state index in [0.29, 0.717) is 22.9 Å². The van der Waals surface area contributed by atoms with E-state index in [4.69, 9.17) is 11.6 Å². The number of amides is 1. The first-order chi connectivity index (χ1) is 13.5. The molecule has 1 atom stereocenters. The number of hydrogen-bond donors (Lipinski definition) is 0. The van der Waals surface area contributed by atoms with Crippen LogP contribution in [0.5, 0.6) is 0 Å². The maximum Gasteiger partial charge on any atom is 0.274 e. The number of aromatic nitrogens is 3. The van der Waals surface area contributed by atoms with E-state index < -0.39 is 0 Å². The van der Waals surface area contributed by atoms with Gasteiger partial charge in [-0.15, -0.1) is 0 Å². The topological polar surface area (TPSA) is 53.7 Å². The molecule has 0 saturated carbocycles. The summed E-state index contributed by atoms with van der Waals surface area (Å²) in [7, 11) is 2.16.